The van der Waals surface area contributed by atoms with E-state index in [1.54, 1.807) is 4.90 Å². The lowest BCUT2D eigenvalue weighted by molar-refractivity contribution is -0.135. The van der Waals surface area contributed by atoms with Gasteiger partial charge in [0.1, 0.15) is 6.04 Å². The summed E-state index contributed by atoms with van der Waals surface area (Å²) >= 11 is 0. The summed E-state index contributed by atoms with van der Waals surface area (Å²) in [5.41, 5.74) is 0.000921. The highest BCUT2D eigenvalue weighted by molar-refractivity contribution is 5.97. The summed E-state index contributed by atoms with van der Waals surface area (Å²) in [5, 5.41) is 2.66. The van der Waals surface area contributed by atoms with Crippen LogP contribution in [0, 0.1) is 17.6 Å². The summed E-state index contributed by atoms with van der Waals surface area (Å²) in [5.74, 6) is -2.88. The summed E-state index contributed by atoms with van der Waals surface area (Å²) in [6.45, 7) is 5.09. The highest BCUT2D eigenvalue weighted by Crippen LogP contribution is 2.15. The van der Waals surface area contributed by atoms with Crippen LogP contribution in [0.2, 0.25) is 0 Å². The van der Waals surface area contributed by atoms with Gasteiger partial charge in [0.25, 0.3) is 5.91 Å². The number of carbonyl (C=O) groups excluding carboxylic acids is 2. The first-order valence-electron chi connectivity index (χ1n) is 7.95. The maximum absolute atomic E-state index is 13.3. The molecule has 0 unspecified atom stereocenters. The largest absolute Gasteiger partial charge is 0.341 e. The molecular weight excluding hydrogens is 302 g/mol. The number of carbonyl (C=O) groups is 2. The Morgan fingerprint density at radius 1 is 1.09 bits per heavy atom. The number of piperidine rings is 1. The average Bonchev–Trinajstić information content (AvgIpc) is 2.54. The molecule has 1 heterocycles. The first-order chi connectivity index (χ1) is 10.9. The summed E-state index contributed by atoms with van der Waals surface area (Å²) in [6.07, 6.45) is 3.04. The Kier molecular flexibility index (Phi) is 5.69. The summed E-state index contributed by atoms with van der Waals surface area (Å²) in [7, 11) is 0. The molecule has 0 bridgehead atoms. The number of benzene rings is 1. The van der Waals surface area contributed by atoms with Gasteiger partial charge in [-0.15, -0.1) is 0 Å². The van der Waals surface area contributed by atoms with E-state index in [0.717, 1.165) is 31.4 Å². The molecule has 1 fully saturated rings. The number of nitrogens with zero attached hydrogens (tertiary/aromatic N) is 1. The third-order valence-corrected chi connectivity index (χ3v) is 4.07. The van der Waals surface area contributed by atoms with Crippen LogP contribution >= 0.6 is 0 Å². The van der Waals surface area contributed by atoms with Crippen LogP contribution in [-0.2, 0) is 4.79 Å². The van der Waals surface area contributed by atoms with Crippen LogP contribution in [-0.4, -0.2) is 35.8 Å². The maximum Gasteiger partial charge on any atom is 0.252 e. The van der Waals surface area contributed by atoms with Crippen molar-refractivity contribution in [3.63, 3.8) is 0 Å². The smallest absolute Gasteiger partial charge is 0.252 e. The summed E-state index contributed by atoms with van der Waals surface area (Å²) in [6, 6.07) is 2.28. The van der Waals surface area contributed by atoms with Crippen molar-refractivity contribution in [2.45, 2.75) is 39.2 Å². The minimum Gasteiger partial charge on any atom is -0.341 e. The second kappa shape index (κ2) is 7.53. The zero-order valence-corrected chi connectivity index (χ0v) is 13.4. The Morgan fingerprint density at radius 3 is 2.30 bits per heavy atom. The lowest BCUT2D eigenvalue weighted by atomic mass is 10.0. The molecule has 2 rings (SSSR count). The molecular formula is C17H22F2N2O2. The number of nitrogens with one attached hydrogen (secondary N) is 1. The monoisotopic (exact) mass is 324 g/mol. The van der Waals surface area contributed by atoms with Gasteiger partial charge in [0.15, 0.2) is 11.6 Å². The molecule has 4 nitrogen and oxygen atoms in total. The molecule has 126 valence electrons. The molecule has 6 heteroatoms. The number of amides is 2. The van der Waals surface area contributed by atoms with E-state index in [4.69, 9.17) is 0 Å². The first kappa shape index (κ1) is 17.4. The average molecular weight is 324 g/mol. The second-order valence-corrected chi connectivity index (χ2v) is 6.21. The molecule has 0 aliphatic carbocycles. The molecule has 1 aromatic carbocycles. The molecule has 1 N–H and O–H groups in total. The van der Waals surface area contributed by atoms with E-state index < -0.39 is 23.6 Å². The Balaban J connectivity index is 2.10. The predicted octanol–water partition coefficient (Wildman–Crippen LogP) is 2.73. The van der Waals surface area contributed by atoms with Gasteiger partial charge < -0.3 is 10.2 Å². The first-order valence-corrected chi connectivity index (χ1v) is 7.95. The van der Waals surface area contributed by atoms with Gasteiger partial charge in [0, 0.05) is 18.7 Å². The Labute approximate surface area is 134 Å². The Morgan fingerprint density at radius 2 is 1.74 bits per heavy atom. The van der Waals surface area contributed by atoms with Gasteiger partial charge >= 0.3 is 0 Å². The standard InChI is InChI=1S/C17H22F2N2O2/c1-11(2)15(17(23)21-8-4-3-5-9-21)20-16(22)12-6-7-13(18)14(19)10-12/h6-7,10-11,15H,3-5,8-9H2,1-2H3,(H,20,22)/t15-/m0/s1. The zero-order chi connectivity index (χ0) is 17.0. The van der Waals surface area contributed by atoms with Gasteiger partial charge in [-0.25, -0.2) is 8.78 Å². The molecule has 0 spiro atoms. The zero-order valence-electron chi connectivity index (χ0n) is 13.4. The fraction of sp³-hybridized carbons (Fsp3) is 0.529. The highest BCUT2D eigenvalue weighted by atomic mass is 19.2. The predicted molar refractivity (Wildman–Crippen MR) is 82.9 cm³/mol. The van der Waals surface area contributed by atoms with Crippen LogP contribution in [0.5, 0.6) is 0 Å². The lowest BCUT2D eigenvalue weighted by Gasteiger charge is -2.32. The number of halogens is 2. The third kappa shape index (κ3) is 4.27. The minimum atomic E-state index is -1.08. The normalized spacial score (nSPS) is 16.3. The molecule has 1 aliphatic heterocycles. The Hall–Kier alpha value is -1.98. The van der Waals surface area contributed by atoms with E-state index in [0.29, 0.717) is 13.1 Å². The van der Waals surface area contributed by atoms with Gasteiger partial charge in [-0.05, 0) is 43.4 Å². The summed E-state index contributed by atoms with van der Waals surface area (Å²) in [4.78, 5) is 26.6. The van der Waals surface area contributed by atoms with Crippen LogP contribution in [0.15, 0.2) is 18.2 Å². The molecule has 0 saturated carbocycles. The van der Waals surface area contributed by atoms with Gasteiger partial charge in [-0.1, -0.05) is 13.8 Å². The fourth-order valence-corrected chi connectivity index (χ4v) is 2.69. The van der Waals surface area contributed by atoms with Crippen LogP contribution in [0.4, 0.5) is 8.78 Å². The second-order valence-electron chi connectivity index (χ2n) is 6.21. The molecule has 1 saturated heterocycles. The third-order valence-electron chi connectivity index (χ3n) is 4.07. The van der Waals surface area contributed by atoms with Crippen molar-refractivity contribution in [3.05, 3.63) is 35.4 Å². The molecule has 1 aliphatic rings. The molecule has 1 aromatic rings. The molecule has 1 atom stereocenters. The molecule has 2 amide bonds. The topological polar surface area (TPSA) is 49.4 Å². The van der Waals surface area contributed by atoms with Crippen LogP contribution in [0.25, 0.3) is 0 Å². The van der Waals surface area contributed by atoms with Gasteiger partial charge in [0.05, 0.1) is 0 Å². The van der Waals surface area contributed by atoms with E-state index in [1.165, 1.54) is 6.07 Å². The van der Waals surface area contributed by atoms with E-state index in [1.807, 2.05) is 13.8 Å². The van der Waals surface area contributed by atoms with E-state index >= 15 is 0 Å². The maximum atomic E-state index is 13.3. The highest BCUT2D eigenvalue weighted by Gasteiger charge is 2.29. The SMILES string of the molecule is CC(C)[C@H](NC(=O)c1ccc(F)c(F)c1)C(=O)N1CCCCC1. The molecule has 23 heavy (non-hydrogen) atoms. The molecule has 0 radical (unpaired) electrons. The van der Waals surface area contributed by atoms with Crippen molar-refractivity contribution in [1.29, 1.82) is 0 Å². The van der Waals surface area contributed by atoms with Crippen molar-refractivity contribution >= 4 is 11.8 Å². The van der Waals surface area contributed by atoms with Crippen molar-refractivity contribution in [1.82, 2.24) is 10.2 Å². The van der Waals surface area contributed by atoms with Crippen molar-refractivity contribution in [3.8, 4) is 0 Å². The van der Waals surface area contributed by atoms with Gasteiger partial charge in [0.2, 0.25) is 5.91 Å². The van der Waals surface area contributed by atoms with Crippen molar-refractivity contribution < 1.29 is 18.4 Å². The van der Waals surface area contributed by atoms with Gasteiger partial charge in [-0.2, -0.15) is 0 Å². The van der Waals surface area contributed by atoms with E-state index in [-0.39, 0.29) is 17.4 Å². The number of likely N-dealkylation sites (tertiary alicyclic amines) is 1. The minimum absolute atomic E-state index is 0.000921. The molecule has 0 aromatic heterocycles. The van der Waals surface area contributed by atoms with Crippen LogP contribution < -0.4 is 5.32 Å². The quantitative estimate of drug-likeness (QED) is 0.926. The van der Waals surface area contributed by atoms with Crippen molar-refractivity contribution in [2.24, 2.45) is 5.92 Å². The van der Waals surface area contributed by atoms with E-state index in [9.17, 15) is 18.4 Å². The van der Waals surface area contributed by atoms with Gasteiger partial charge in [-0.3, -0.25) is 9.59 Å². The Bertz CT molecular complexity index is 584. The fourth-order valence-electron chi connectivity index (χ4n) is 2.69. The number of rotatable bonds is 4. The van der Waals surface area contributed by atoms with Crippen molar-refractivity contribution in [2.75, 3.05) is 13.1 Å². The summed E-state index contributed by atoms with van der Waals surface area (Å²) < 4.78 is 26.2. The van der Waals surface area contributed by atoms with Crippen LogP contribution in [0.3, 0.4) is 0 Å². The van der Waals surface area contributed by atoms with E-state index in [2.05, 4.69) is 5.32 Å². The van der Waals surface area contributed by atoms with Crippen LogP contribution in [0.1, 0.15) is 43.5 Å². The lowest BCUT2D eigenvalue weighted by Crippen LogP contribution is -2.52. The number of hydrogen-bond acceptors (Lipinski definition) is 2. The number of hydrogen-bond donors (Lipinski definition) is 1.